The summed E-state index contributed by atoms with van der Waals surface area (Å²) in [5.41, 5.74) is 2.19. The lowest BCUT2D eigenvalue weighted by atomic mass is 10.0. The third kappa shape index (κ3) is 3.19. The van der Waals surface area contributed by atoms with E-state index in [1.54, 1.807) is 12.1 Å². The second kappa shape index (κ2) is 4.84. The van der Waals surface area contributed by atoms with Crippen molar-refractivity contribution < 1.29 is 13.5 Å². The fourth-order valence-electron chi connectivity index (χ4n) is 1.90. The van der Waals surface area contributed by atoms with Crippen LogP contribution in [0.3, 0.4) is 0 Å². The molecule has 0 saturated heterocycles. The Morgan fingerprint density at radius 1 is 1.39 bits per heavy atom. The van der Waals surface area contributed by atoms with E-state index in [0.717, 1.165) is 11.1 Å². The predicted molar refractivity (Wildman–Crippen MR) is 68.7 cm³/mol. The summed E-state index contributed by atoms with van der Waals surface area (Å²) < 4.78 is 29.8. The van der Waals surface area contributed by atoms with Gasteiger partial charge in [-0.05, 0) is 12.5 Å². The second-order valence-corrected chi connectivity index (χ2v) is 5.17. The number of nitrogens with zero attached hydrogens (tertiary/aromatic N) is 2. The maximum atomic E-state index is 12.7. The van der Waals surface area contributed by atoms with Crippen LogP contribution in [-0.2, 0) is 4.74 Å². The zero-order valence-electron chi connectivity index (χ0n) is 10.0. The number of halogens is 3. The summed E-state index contributed by atoms with van der Waals surface area (Å²) in [5.74, 6) is 0.0324. The maximum absolute atomic E-state index is 12.7. The third-order valence-corrected chi connectivity index (χ3v) is 2.95. The molecule has 3 nitrogen and oxygen atoms in total. The topological polar surface area (TPSA) is 24.8 Å². The molecular weight excluding hydrogens is 306 g/mol. The lowest BCUT2D eigenvalue weighted by Gasteiger charge is -2.18. The monoisotopic (exact) mass is 318 g/mol. The fraction of sp³-hybridized carbons (Fsp3) is 0.417. The SMILES string of the molecule is Cc1ccc(C2CC(OC(F)(F)Br)=NN2C)cc1. The van der Waals surface area contributed by atoms with Gasteiger partial charge in [0.05, 0.1) is 12.5 Å². The van der Waals surface area contributed by atoms with Crippen LogP contribution in [0, 0.1) is 6.92 Å². The molecule has 1 aromatic rings. The number of hydrogen-bond donors (Lipinski definition) is 0. The van der Waals surface area contributed by atoms with E-state index >= 15 is 0 Å². The van der Waals surface area contributed by atoms with Crippen LogP contribution in [0.15, 0.2) is 29.4 Å². The average Bonchev–Trinajstić information content (AvgIpc) is 2.58. The van der Waals surface area contributed by atoms with Gasteiger partial charge >= 0.3 is 5.02 Å². The maximum Gasteiger partial charge on any atom is 0.460 e. The Morgan fingerprint density at radius 2 is 2.00 bits per heavy atom. The van der Waals surface area contributed by atoms with Gasteiger partial charge in [0.25, 0.3) is 0 Å². The molecule has 1 aliphatic heterocycles. The number of hydrazone groups is 1. The van der Waals surface area contributed by atoms with E-state index in [2.05, 4.69) is 25.8 Å². The summed E-state index contributed by atoms with van der Waals surface area (Å²) in [5, 5.41) is 2.24. The van der Waals surface area contributed by atoms with Crippen LogP contribution in [0.5, 0.6) is 0 Å². The summed E-state index contributed by atoms with van der Waals surface area (Å²) in [4.78, 5) is 0. The number of alkyl halides is 3. The van der Waals surface area contributed by atoms with Crippen LogP contribution >= 0.6 is 15.9 Å². The molecule has 0 fully saturated rings. The van der Waals surface area contributed by atoms with Crippen molar-refractivity contribution in [1.82, 2.24) is 5.01 Å². The minimum atomic E-state index is -3.37. The van der Waals surface area contributed by atoms with Gasteiger partial charge in [-0.3, -0.25) is 5.01 Å². The van der Waals surface area contributed by atoms with E-state index in [0.29, 0.717) is 6.42 Å². The van der Waals surface area contributed by atoms with Gasteiger partial charge in [-0.2, -0.15) is 8.78 Å². The van der Waals surface area contributed by atoms with Crippen molar-refractivity contribution in [3.63, 3.8) is 0 Å². The highest BCUT2D eigenvalue weighted by Crippen LogP contribution is 2.33. The normalized spacial score (nSPS) is 19.9. The molecule has 0 amide bonds. The molecule has 0 bridgehead atoms. The molecule has 1 unspecified atom stereocenters. The van der Waals surface area contributed by atoms with Gasteiger partial charge < -0.3 is 4.74 Å². The van der Waals surface area contributed by atoms with Gasteiger partial charge in [-0.1, -0.05) is 29.8 Å². The zero-order chi connectivity index (χ0) is 13.3. The standard InChI is InChI=1S/C12H13BrF2N2O/c1-8-3-5-9(6-4-8)10-7-11(16-17(10)2)18-12(13,14)15/h3-6,10H,7H2,1-2H3. The molecule has 6 heteroatoms. The Balaban J connectivity index is 2.09. The fourth-order valence-corrected chi connectivity index (χ4v) is 2.09. The van der Waals surface area contributed by atoms with Gasteiger partial charge in [0.2, 0.25) is 5.90 Å². The molecule has 1 heterocycles. The molecule has 0 N–H and O–H groups in total. The molecule has 0 aliphatic carbocycles. The largest absolute Gasteiger partial charge is 0.460 e. The quantitative estimate of drug-likeness (QED) is 0.778. The molecule has 1 aliphatic rings. The van der Waals surface area contributed by atoms with Gasteiger partial charge in [0, 0.05) is 23.0 Å². The van der Waals surface area contributed by atoms with E-state index < -0.39 is 5.02 Å². The first-order chi connectivity index (χ1) is 8.35. The van der Waals surface area contributed by atoms with Crippen LogP contribution in [0.1, 0.15) is 23.6 Å². The first-order valence-electron chi connectivity index (χ1n) is 5.48. The van der Waals surface area contributed by atoms with E-state index in [-0.39, 0.29) is 11.9 Å². The Morgan fingerprint density at radius 3 is 2.56 bits per heavy atom. The molecule has 0 spiro atoms. The van der Waals surface area contributed by atoms with Crippen molar-refractivity contribution in [2.45, 2.75) is 24.4 Å². The summed E-state index contributed by atoms with van der Waals surface area (Å²) in [6, 6.07) is 7.86. The average molecular weight is 319 g/mol. The van der Waals surface area contributed by atoms with Crippen molar-refractivity contribution in [2.75, 3.05) is 7.05 Å². The van der Waals surface area contributed by atoms with Crippen LogP contribution in [0.4, 0.5) is 8.78 Å². The highest BCUT2D eigenvalue weighted by molar-refractivity contribution is 9.09. The molecule has 18 heavy (non-hydrogen) atoms. The van der Waals surface area contributed by atoms with Crippen molar-refractivity contribution >= 4 is 21.8 Å². The van der Waals surface area contributed by atoms with Crippen LogP contribution in [-0.4, -0.2) is 23.0 Å². The Kier molecular flexibility index (Phi) is 3.56. The molecular formula is C12H13BrF2N2O. The van der Waals surface area contributed by atoms with Crippen molar-refractivity contribution in [1.29, 1.82) is 0 Å². The van der Waals surface area contributed by atoms with E-state index in [9.17, 15) is 8.78 Å². The van der Waals surface area contributed by atoms with E-state index in [4.69, 9.17) is 0 Å². The second-order valence-electron chi connectivity index (χ2n) is 4.25. The molecule has 0 aromatic heterocycles. The van der Waals surface area contributed by atoms with Crippen molar-refractivity contribution in [3.05, 3.63) is 35.4 Å². The minimum Gasteiger partial charge on any atom is -0.408 e. The van der Waals surface area contributed by atoms with Crippen LogP contribution in [0.25, 0.3) is 0 Å². The Labute approximate surface area is 113 Å². The Hall–Kier alpha value is -1.17. The van der Waals surface area contributed by atoms with Crippen molar-refractivity contribution in [3.8, 4) is 0 Å². The first kappa shape index (κ1) is 13.3. The van der Waals surface area contributed by atoms with Gasteiger partial charge in [-0.25, -0.2) is 0 Å². The van der Waals surface area contributed by atoms with E-state index in [1.165, 1.54) is 0 Å². The summed E-state index contributed by atoms with van der Waals surface area (Å²) >= 11 is 2.14. The van der Waals surface area contributed by atoms with Crippen LogP contribution in [0.2, 0.25) is 0 Å². The highest BCUT2D eigenvalue weighted by atomic mass is 79.9. The molecule has 0 radical (unpaired) electrons. The van der Waals surface area contributed by atoms with E-state index in [1.807, 2.05) is 31.2 Å². The van der Waals surface area contributed by atoms with Crippen LogP contribution < -0.4 is 0 Å². The lowest BCUT2D eigenvalue weighted by molar-refractivity contribution is -0.0920. The smallest absolute Gasteiger partial charge is 0.408 e. The lowest BCUT2D eigenvalue weighted by Crippen LogP contribution is -2.17. The van der Waals surface area contributed by atoms with Crippen molar-refractivity contribution in [2.24, 2.45) is 5.10 Å². The zero-order valence-corrected chi connectivity index (χ0v) is 11.6. The number of rotatable bonds is 2. The number of benzene rings is 1. The Bertz CT molecular complexity index is 456. The van der Waals surface area contributed by atoms with Gasteiger partial charge in [0.15, 0.2) is 0 Å². The summed E-state index contributed by atoms with van der Waals surface area (Å²) in [6.45, 7) is 2.00. The summed E-state index contributed by atoms with van der Waals surface area (Å²) in [7, 11) is 1.74. The van der Waals surface area contributed by atoms with Gasteiger partial charge in [0.1, 0.15) is 0 Å². The highest BCUT2D eigenvalue weighted by Gasteiger charge is 2.34. The number of aryl methyl sites for hydroxylation is 1. The first-order valence-corrected chi connectivity index (χ1v) is 6.27. The molecule has 1 aromatic carbocycles. The van der Waals surface area contributed by atoms with Gasteiger partial charge in [-0.15, -0.1) is 5.10 Å². The minimum absolute atomic E-state index is 0.0324. The third-order valence-electron chi connectivity index (χ3n) is 2.78. The number of hydrogen-bond acceptors (Lipinski definition) is 3. The molecule has 0 saturated carbocycles. The molecule has 2 rings (SSSR count). The number of ether oxygens (including phenoxy) is 1. The predicted octanol–water partition coefficient (Wildman–Crippen LogP) is 3.65. The molecule has 1 atom stereocenters. The molecule has 98 valence electrons. The summed E-state index contributed by atoms with van der Waals surface area (Å²) in [6.07, 6.45) is 0.334.